The Kier molecular flexibility index (Phi) is 13.4. The van der Waals surface area contributed by atoms with Crippen molar-refractivity contribution >= 4 is 42.3 Å². The maximum Gasteiger partial charge on any atom is 0.327 e. The van der Waals surface area contributed by atoms with Gasteiger partial charge in [-0.05, 0) is 42.5 Å². The number of aromatic hydroxyl groups is 1. The van der Waals surface area contributed by atoms with Crippen LogP contribution >= 0.6 is 12.6 Å². The maximum atomic E-state index is 13.4. The van der Waals surface area contributed by atoms with Crippen molar-refractivity contribution < 1.29 is 29.4 Å². The van der Waals surface area contributed by atoms with Gasteiger partial charge in [0.1, 0.15) is 23.9 Å². The second-order valence-corrected chi connectivity index (χ2v) is 9.69. The molecule has 4 unspecified atom stereocenters. The van der Waals surface area contributed by atoms with Gasteiger partial charge in [0, 0.05) is 18.7 Å². The lowest BCUT2D eigenvalue weighted by atomic mass is 10.0. The molecule has 0 fully saturated rings. The van der Waals surface area contributed by atoms with Gasteiger partial charge < -0.3 is 43.4 Å². The average molecular weight is 588 g/mol. The highest BCUT2D eigenvalue weighted by atomic mass is 32.1. The van der Waals surface area contributed by atoms with E-state index in [0.717, 1.165) is 5.56 Å². The summed E-state index contributed by atoms with van der Waals surface area (Å²) in [4.78, 5) is 54.8. The molecule has 0 radical (unpaired) electrons. The minimum Gasteiger partial charge on any atom is -0.508 e. The lowest BCUT2D eigenvalue weighted by Gasteiger charge is -2.25. The van der Waals surface area contributed by atoms with Crippen LogP contribution in [0.2, 0.25) is 0 Å². The summed E-state index contributed by atoms with van der Waals surface area (Å²) in [5.41, 5.74) is 18.3. The van der Waals surface area contributed by atoms with Crippen molar-refractivity contribution in [1.82, 2.24) is 16.0 Å². The summed E-state index contributed by atoms with van der Waals surface area (Å²) in [6.45, 7) is 0.192. The third-order valence-corrected chi connectivity index (χ3v) is 6.38. The summed E-state index contributed by atoms with van der Waals surface area (Å²) in [6, 6.07) is 10.5. The summed E-state index contributed by atoms with van der Waals surface area (Å²) >= 11 is 3.98. The number of carboxylic acid groups (broad SMARTS) is 1. The van der Waals surface area contributed by atoms with Crippen molar-refractivity contribution in [3.05, 3.63) is 65.7 Å². The number of amides is 3. The number of hydrogen-bond acceptors (Lipinski definition) is 8. The van der Waals surface area contributed by atoms with Gasteiger partial charge in [-0.2, -0.15) is 12.6 Å². The fourth-order valence-electron chi connectivity index (χ4n) is 3.82. The number of nitrogens with one attached hydrogen (secondary N) is 3. The Bertz CT molecular complexity index is 1190. The number of rotatable bonds is 16. The number of carboxylic acids is 1. The van der Waals surface area contributed by atoms with Crippen molar-refractivity contribution in [2.45, 2.75) is 49.9 Å². The molecular weight excluding hydrogens is 550 g/mol. The van der Waals surface area contributed by atoms with Gasteiger partial charge in [-0.3, -0.25) is 19.4 Å². The van der Waals surface area contributed by atoms with Gasteiger partial charge in [0.15, 0.2) is 5.96 Å². The monoisotopic (exact) mass is 587 g/mol. The van der Waals surface area contributed by atoms with Gasteiger partial charge in [-0.15, -0.1) is 0 Å². The minimum atomic E-state index is -1.27. The number of thiol groups is 1. The number of guanidine groups is 1. The van der Waals surface area contributed by atoms with Gasteiger partial charge in [0.25, 0.3) is 0 Å². The van der Waals surface area contributed by atoms with E-state index in [1.54, 1.807) is 42.5 Å². The molecule has 0 heterocycles. The van der Waals surface area contributed by atoms with Gasteiger partial charge >= 0.3 is 5.97 Å². The third kappa shape index (κ3) is 11.8. The number of nitrogens with zero attached hydrogens (tertiary/aromatic N) is 1. The minimum absolute atomic E-state index is 0.0619. The molecule has 4 atom stereocenters. The van der Waals surface area contributed by atoms with Crippen LogP contribution in [-0.4, -0.2) is 76.3 Å². The Morgan fingerprint density at radius 3 is 1.95 bits per heavy atom. The van der Waals surface area contributed by atoms with E-state index in [0.29, 0.717) is 12.0 Å². The molecule has 0 aliphatic heterocycles. The fourth-order valence-corrected chi connectivity index (χ4v) is 4.07. The van der Waals surface area contributed by atoms with Crippen LogP contribution < -0.4 is 33.2 Å². The zero-order chi connectivity index (χ0) is 30.4. The largest absolute Gasteiger partial charge is 0.508 e. The number of carbonyl (C=O) groups excluding carboxylic acids is 3. The lowest BCUT2D eigenvalue weighted by Crippen LogP contribution is -2.58. The number of phenolic OH excluding ortho intramolecular Hbond substituents is 1. The molecular formula is C27H37N7O6S. The van der Waals surface area contributed by atoms with Crippen molar-refractivity contribution in [1.29, 1.82) is 0 Å². The fraction of sp³-hybridized carbons (Fsp3) is 0.370. The highest BCUT2D eigenvalue weighted by Crippen LogP contribution is 2.11. The number of aliphatic carboxylic acids is 1. The Morgan fingerprint density at radius 1 is 0.805 bits per heavy atom. The Hall–Kier alpha value is -4.30. The molecule has 11 N–H and O–H groups in total. The van der Waals surface area contributed by atoms with Gasteiger partial charge in [-0.25, -0.2) is 4.79 Å². The van der Waals surface area contributed by atoms with Crippen LogP contribution in [0.3, 0.4) is 0 Å². The quantitative estimate of drug-likeness (QED) is 0.0507. The summed E-state index contributed by atoms with van der Waals surface area (Å²) in [6.07, 6.45) is 0.647. The first-order valence-electron chi connectivity index (χ1n) is 12.9. The first-order valence-corrected chi connectivity index (χ1v) is 13.5. The van der Waals surface area contributed by atoms with E-state index in [4.69, 9.17) is 17.2 Å². The molecule has 2 aromatic rings. The highest BCUT2D eigenvalue weighted by Gasteiger charge is 2.30. The summed E-state index contributed by atoms with van der Waals surface area (Å²) < 4.78 is 0. The molecule has 14 heteroatoms. The van der Waals surface area contributed by atoms with Crippen molar-refractivity contribution in [2.75, 3.05) is 12.3 Å². The Labute approximate surface area is 243 Å². The van der Waals surface area contributed by atoms with E-state index < -0.39 is 47.9 Å². The number of phenols is 1. The molecule has 0 bridgehead atoms. The molecule has 0 aliphatic rings. The van der Waals surface area contributed by atoms with E-state index in [2.05, 4.69) is 33.6 Å². The number of benzene rings is 2. The standard InChI is InChI=1S/C27H37N7O6S/c28-19(13-17-8-10-18(35)11-9-17)23(36)32-20(7-4-12-31-27(29)30)24(37)33-21(14-16-5-2-1-3-6-16)25(38)34-22(15-41)26(39)40/h1-3,5-6,8-11,19-22,35,41H,4,7,12-15,28H2,(H,32,36)(H,33,37)(H,34,38)(H,39,40)(H4,29,30,31). The van der Waals surface area contributed by atoms with Crippen LogP contribution in [0.1, 0.15) is 24.0 Å². The highest BCUT2D eigenvalue weighted by molar-refractivity contribution is 7.80. The molecule has 2 rings (SSSR count). The zero-order valence-electron chi connectivity index (χ0n) is 22.4. The second-order valence-electron chi connectivity index (χ2n) is 9.32. The van der Waals surface area contributed by atoms with Crippen molar-refractivity contribution in [3.63, 3.8) is 0 Å². The molecule has 3 amide bonds. The maximum absolute atomic E-state index is 13.4. The molecule has 0 saturated heterocycles. The lowest BCUT2D eigenvalue weighted by molar-refractivity contribution is -0.141. The Morgan fingerprint density at radius 2 is 1.37 bits per heavy atom. The predicted octanol–water partition coefficient (Wildman–Crippen LogP) is -0.973. The molecule has 0 spiro atoms. The average Bonchev–Trinajstić information content (AvgIpc) is 2.94. The SMILES string of the molecule is NC(N)=NCCCC(NC(=O)C(N)Cc1ccc(O)cc1)C(=O)NC(Cc1ccccc1)C(=O)NC(CS)C(=O)O. The summed E-state index contributed by atoms with van der Waals surface area (Å²) in [5, 5.41) is 26.5. The molecule has 41 heavy (non-hydrogen) atoms. The molecule has 0 aromatic heterocycles. The third-order valence-electron chi connectivity index (χ3n) is 6.02. The zero-order valence-corrected chi connectivity index (χ0v) is 23.3. The van der Waals surface area contributed by atoms with Crippen LogP contribution in [0.25, 0.3) is 0 Å². The second kappa shape index (κ2) is 16.7. The molecule has 222 valence electrons. The normalized spacial score (nSPS) is 13.6. The van der Waals surface area contributed by atoms with Crippen LogP contribution in [0, 0.1) is 0 Å². The summed E-state index contributed by atoms with van der Waals surface area (Å²) in [5.74, 6) is -3.48. The molecule has 2 aromatic carbocycles. The summed E-state index contributed by atoms with van der Waals surface area (Å²) in [7, 11) is 0. The van der Waals surface area contributed by atoms with E-state index in [1.165, 1.54) is 12.1 Å². The van der Waals surface area contributed by atoms with Gasteiger partial charge in [-0.1, -0.05) is 42.5 Å². The van der Waals surface area contributed by atoms with Gasteiger partial charge in [0.2, 0.25) is 17.7 Å². The van der Waals surface area contributed by atoms with E-state index in [-0.39, 0.29) is 43.3 Å². The Balaban J connectivity index is 2.21. The van der Waals surface area contributed by atoms with Crippen LogP contribution in [0.5, 0.6) is 5.75 Å². The predicted molar refractivity (Wildman–Crippen MR) is 157 cm³/mol. The first-order chi connectivity index (χ1) is 19.5. The van der Waals surface area contributed by atoms with E-state index in [9.17, 15) is 29.4 Å². The number of nitrogens with two attached hydrogens (primary N) is 3. The smallest absolute Gasteiger partial charge is 0.327 e. The molecule has 0 saturated carbocycles. The van der Waals surface area contributed by atoms with Crippen LogP contribution in [0.15, 0.2) is 59.6 Å². The van der Waals surface area contributed by atoms with Crippen molar-refractivity contribution in [2.24, 2.45) is 22.2 Å². The van der Waals surface area contributed by atoms with Gasteiger partial charge in [0.05, 0.1) is 6.04 Å². The number of hydrogen-bond donors (Lipinski definition) is 9. The molecule has 13 nitrogen and oxygen atoms in total. The molecule has 0 aliphatic carbocycles. The van der Waals surface area contributed by atoms with E-state index >= 15 is 0 Å². The first kappa shape index (κ1) is 32.9. The van der Waals surface area contributed by atoms with Crippen LogP contribution in [-0.2, 0) is 32.0 Å². The van der Waals surface area contributed by atoms with E-state index in [1.807, 2.05) is 0 Å². The number of aliphatic imine (C=N–C) groups is 1. The van der Waals surface area contributed by atoms with Crippen molar-refractivity contribution in [3.8, 4) is 5.75 Å². The topological polar surface area (TPSA) is 235 Å². The van der Waals surface area contributed by atoms with Crippen LogP contribution in [0.4, 0.5) is 0 Å². The number of carbonyl (C=O) groups is 4.